The fraction of sp³-hybridized carbons (Fsp3) is 0.673. The van der Waals surface area contributed by atoms with Crippen LogP contribution in [0.5, 0.6) is 0 Å². The monoisotopic (exact) mass is 967 g/mol. The lowest BCUT2D eigenvalue weighted by Crippen LogP contribution is -2.59. The smallest absolute Gasteiger partial charge is 0.309 e. The largest absolute Gasteiger partial charge is 0.459 e. The number of alkyl halides is 1. The second kappa shape index (κ2) is 24.3. The number of aliphatic imine (C=N–C) groups is 1. The molecule has 5 N–H and O–H groups in total. The zero-order chi connectivity index (χ0) is 51.0. The van der Waals surface area contributed by atoms with E-state index in [0.29, 0.717) is 74.0 Å². The van der Waals surface area contributed by atoms with Crippen LogP contribution in [0.15, 0.2) is 58.6 Å². The molecule has 5 rings (SSSR count). The van der Waals surface area contributed by atoms with Gasteiger partial charge in [-0.25, -0.2) is 4.39 Å². The zero-order valence-electron chi connectivity index (χ0n) is 42.6. The predicted octanol–water partition coefficient (Wildman–Crippen LogP) is 5.70. The highest BCUT2D eigenvalue weighted by atomic mass is 19.1. The summed E-state index contributed by atoms with van der Waals surface area (Å²) >= 11 is 0. The third-order valence-electron chi connectivity index (χ3n) is 14.6. The van der Waals surface area contributed by atoms with E-state index < -0.39 is 72.6 Å². The number of methoxy groups -OCH3 is 1. The topological polar surface area (TPSA) is 209 Å². The fourth-order valence-corrected chi connectivity index (χ4v) is 10.6. The van der Waals surface area contributed by atoms with Crippen molar-refractivity contribution in [2.24, 2.45) is 33.7 Å². The second-order valence-electron chi connectivity index (χ2n) is 20.5. The SMILES string of the molecule is CC[C@H]1OC(=O)[C@H](C)C[C@H](C)[C@@H](O[C@H]2C[C@@H](N(C)CCC(C=N[C@H](CF)[C@H](OC)c3ccc(CN4C(=O)c5ccccc5C4=O)cc3)=NN)C[C@@H](C)O2)[C@](C)(O)C[C@@H](C)CN(C)[C@H](C)[C@@H](O)[C@]1(C)O. The van der Waals surface area contributed by atoms with Crippen LogP contribution < -0.4 is 5.84 Å². The molecule has 3 heterocycles. The summed E-state index contributed by atoms with van der Waals surface area (Å²) in [5.41, 5.74) is -0.412. The number of rotatable bonds is 15. The summed E-state index contributed by atoms with van der Waals surface area (Å²) < 4.78 is 39.5. The van der Waals surface area contributed by atoms with Crippen molar-refractivity contribution in [2.45, 2.75) is 167 Å². The lowest BCUT2D eigenvalue weighted by molar-refractivity contribution is -0.262. The lowest BCUT2D eigenvalue weighted by Gasteiger charge is -2.44. The van der Waals surface area contributed by atoms with Gasteiger partial charge in [0.25, 0.3) is 11.8 Å². The Morgan fingerprint density at radius 1 is 1.01 bits per heavy atom. The van der Waals surface area contributed by atoms with Gasteiger partial charge in [-0.1, -0.05) is 64.1 Å². The lowest BCUT2D eigenvalue weighted by atomic mass is 9.79. The molecule has 0 radical (unpaired) electrons. The van der Waals surface area contributed by atoms with Gasteiger partial charge in [0.1, 0.15) is 36.6 Å². The molecule has 0 bridgehead atoms. The van der Waals surface area contributed by atoms with Crippen LogP contribution in [-0.4, -0.2) is 161 Å². The summed E-state index contributed by atoms with van der Waals surface area (Å²) in [5.74, 6) is 3.71. The third-order valence-corrected chi connectivity index (χ3v) is 14.6. The number of imide groups is 1. The molecule has 3 aliphatic heterocycles. The predicted molar refractivity (Wildman–Crippen MR) is 262 cm³/mol. The van der Waals surface area contributed by atoms with Crippen molar-refractivity contribution in [1.82, 2.24) is 14.7 Å². The van der Waals surface area contributed by atoms with Crippen molar-refractivity contribution in [2.75, 3.05) is 41.0 Å². The van der Waals surface area contributed by atoms with Gasteiger partial charge in [-0.3, -0.25) is 24.3 Å². The number of aliphatic hydroxyl groups excluding tert-OH is 1. The van der Waals surface area contributed by atoms with Crippen LogP contribution >= 0.6 is 0 Å². The highest BCUT2D eigenvalue weighted by Gasteiger charge is 2.47. The van der Waals surface area contributed by atoms with Crippen molar-refractivity contribution < 1.29 is 53.0 Å². The number of carbonyl (C=O) groups is 3. The minimum Gasteiger partial charge on any atom is -0.459 e. The number of esters is 1. The Labute approximate surface area is 408 Å². The number of nitrogens with zero attached hydrogens (tertiary/aromatic N) is 5. The molecular formula is C52H79FN6O10. The average molecular weight is 967 g/mol. The number of cyclic esters (lactones) is 1. The minimum atomic E-state index is -1.70. The zero-order valence-corrected chi connectivity index (χ0v) is 42.6. The molecule has 2 saturated heterocycles. The molecular weight excluding hydrogens is 888 g/mol. The van der Waals surface area contributed by atoms with Crippen molar-refractivity contribution in [3.63, 3.8) is 0 Å². The molecule has 2 amide bonds. The number of ether oxygens (including phenoxy) is 4. The summed E-state index contributed by atoms with van der Waals surface area (Å²) in [5, 5.41) is 39.2. The van der Waals surface area contributed by atoms with Gasteiger partial charge < -0.3 is 49.9 Å². The molecule has 17 heteroatoms. The standard InChI is InChI=1S/C52H79FN6O10/c1-12-43-52(8,65)46(60)35(6)58(10)29-31(2)26-51(7,64)47(32(3)23-33(4)50(63)68-43)69-44-25-39(24-34(5)67-44)57(9)22-21-38(56-54)28-55-42(27-53)45(66-11)37-19-17-36(18-20-37)30-59-48(61)40-15-13-14-16-41(40)49(59)62/h13-20,28,31-35,39,42-47,60,64-65H,12,21-27,29-30,54H2,1-11H3/t31-,32+,33-,34-,35-,39+,42-,43-,44+,45-,46-,47-,51-,52-/m1/s1. The molecule has 2 fully saturated rings. The molecule has 16 nitrogen and oxygen atoms in total. The van der Waals surface area contributed by atoms with E-state index in [-0.39, 0.29) is 42.3 Å². The number of hydrazone groups is 1. The molecule has 0 aliphatic carbocycles. The number of likely N-dealkylation sites (N-methyl/N-ethyl adjacent to an activating group) is 1. The highest BCUT2D eigenvalue weighted by Crippen LogP contribution is 2.37. The molecule has 0 saturated carbocycles. The number of benzene rings is 2. The van der Waals surface area contributed by atoms with E-state index in [0.717, 1.165) is 5.56 Å². The van der Waals surface area contributed by atoms with Gasteiger partial charge in [0.2, 0.25) is 0 Å². The van der Waals surface area contributed by atoms with Gasteiger partial charge in [-0.05, 0) is 103 Å². The van der Waals surface area contributed by atoms with Gasteiger partial charge in [0.05, 0.1) is 47.1 Å². The Morgan fingerprint density at radius 2 is 1.65 bits per heavy atom. The van der Waals surface area contributed by atoms with Gasteiger partial charge >= 0.3 is 5.97 Å². The van der Waals surface area contributed by atoms with Gasteiger partial charge in [-0.15, -0.1) is 0 Å². The number of aliphatic hydroxyl groups is 3. The normalized spacial score (nSPS) is 33.5. The molecule has 2 aromatic carbocycles. The first-order valence-corrected chi connectivity index (χ1v) is 24.5. The van der Waals surface area contributed by atoms with E-state index in [2.05, 4.69) is 15.0 Å². The fourth-order valence-electron chi connectivity index (χ4n) is 10.6. The van der Waals surface area contributed by atoms with Gasteiger partial charge in [-0.2, -0.15) is 5.10 Å². The number of hydrogen-bond acceptors (Lipinski definition) is 15. The summed E-state index contributed by atoms with van der Waals surface area (Å²) in [4.78, 5) is 49.3. The Morgan fingerprint density at radius 3 is 2.23 bits per heavy atom. The van der Waals surface area contributed by atoms with E-state index in [1.807, 2.05) is 53.6 Å². The molecule has 384 valence electrons. The number of nitrogens with two attached hydrogens (primary N) is 1. The second-order valence-corrected chi connectivity index (χ2v) is 20.5. The summed E-state index contributed by atoms with van der Waals surface area (Å²) in [7, 11) is 5.36. The molecule has 0 unspecified atom stereocenters. The van der Waals surface area contributed by atoms with E-state index in [1.54, 1.807) is 62.4 Å². The van der Waals surface area contributed by atoms with Crippen LogP contribution in [0.25, 0.3) is 0 Å². The van der Waals surface area contributed by atoms with Crippen LogP contribution in [-0.2, 0) is 30.3 Å². The maximum absolute atomic E-state index is 14.6. The maximum Gasteiger partial charge on any atom is 0.309 e. The van der Waals surface area contributed by atoms with Crippen molar-refractivity contribution in [3.05, 3.63) is 70.8 Å². The van der Waals surface area contributed by atoms with E-state index in [4.69, 9.17) is 24.8 Å². The average Bonchev–Trinajstić information content (AvgIpc) is 3.55. The first-order chi connectivity index (χ1) is 32.6. The van der Waals surface area contributed by atoms with Gasteiger partial charge in [0, 0.05) is 51.3 Å². The van der Waals surface area contributed by atoms with E-state index in [9.17, 15) is 34.1 Å². The Balaban J connectivity index is 1.22. The molecule has 0 aromatic heterocycles. The van der Waals surface area contributed by atoms with Crippen LogP contribution in [0.1, 0.15) is 132 Å². The third kappa shape index (κ3) is 13.6. The number of fused-ring (bicyclic) bond motifs is 1. The number of hydrogen-bond donors (Lipinski definition) is 4. The molecule has 2 aromatic rings. The summed E-state index contributed by atoms with van der Waals surface area (Å²) in [6.45, 7) is 15.0. The maximum atomic E-state index is 14.6. The van der Waals surface area contributed by atoms with Crippen molar-refractivity contribution in [1.29, 1.82) is 0 Å². The van der Waals surface area contributed by atoms with Crippen LogP contribution in [0.4, 0.5) is 4.39 Å². The number of amides is 2. The summed E-state index contributed by atoms with van der Waals surface area (Å²) in [6.07, 6.45) is -0.343. The molecule has 3 aliphatic rings. The summed E-state index contributed by atoms with van der Waals surface area (Å²) in [6, 6.07) is 12.5. The Hall–Kier alpha value is -4.20. The van der Waals surface area contributed by atoms with Crippen LogP contribution in [0.2, 0.25) is 0 Å². The minimum absolute atomic E-state index is 0.0156. The quantitative estimate of drug-likeness (QED) is 0.0556. The van der Waals surface area contributed by atoms with Crippen LogP contribution in [0.3, 0.4) is 0 Å². The highest BCUT2D eigenvalue weighted by molar-refractivity contribution is 6.30. The van der Waals surface area contributed by atoms with Crippen LogP contribution in [0, 0.1) is 17.8 Å². The molecule has 69 heavy (non-hydrogen) atoms. The number of halogens is 1. The first kappa shape index (κ1) is 55.7. The van der Waals surface area contributed by atoms with Crippen molar-refractivity contribution >= 4 is 29.7 Å². The first-order valence-electron chi connectivity index (χ1n) is 24.5. The number of carbonyl (C=O) groups excluding carboxylic acids is 3. The Kier molecular flexibility index (Phi) is 19.6. The molecule has 14 atom stereocenters. The van der Waals surface area contributed by atoms with E-state index in [1.165, 1.54) is 25.1 Å². The van der Waals surface area contributed by atoms with E-state index >= 15 is 0 Å². The van der Waals surface area contributed by atoms with Gasteiger partial charge in [0.15, 0.2) is 6.29 Å². The Bertz CT molecular complexity index is 2050. The molecule has 0 spiro atoms. The van der Waals surface area contributed by atoms with Crippen molar-refractivity contribution in [3.8, 4) is 0 Å².